The lowest BCUT2D eigenvalue weighted by atomic mass is 10.3. The lowest BCUT2D eigenvalue weighted by Gasteiger charge is -2.03. The molecule has 6 heteroatoms. The van der Waals surface area contributed by atoms with Gasteiger partial charge in [-0.1, -0.05) is 15.9 Å². The first-order chi connectivity index (χ1) is 7.58. The third-order valence-electron chi connectivity index (χ3n) is 1.99. The molecule has 0 amide bonds. The molecule has 2 aromatic rings. The fraction of sp³-hybridized carbons (Fsp3) is 0. The van der Waals surface area contributed by atoms with Crippen LogP contribution in [0.1, 0.15) is 10.5 Å². The molecule has 0 atom stereocenters. The summed E-state index contributed by atoms with van der Waals surface area (Å²) in [5.41, 5.74) is 0.130. The van der Waals surface area contributed by atoms with Crippen LogP contribution in [0, 0.1) is 5.82 Å². The number of hydrogen-bond acceptors (Lipinski definition) is 2. The lowest BCUT2D eigenvalue weighted by molar-refractivity contribution is 0.0691. The van der Waals surface area contributed by atoms with Crippen molar-refractivity contribution in [3.8, 4) is 5.69 Å². The van der Waals surface area contributed by atoms with Gasteiger partial charge in [-0.3, -0.25) is 0 Å². The van der Waals surface area contributed by atoms with Crippen LogP contribution in [0.2, 0.25) is 0 Å². The van der Waals surface area contributed by atoms with Crippen LogP contribution >= 0.6 is 15.9 Å². The highest BCUT2D eigenvalue weighted by molar-refractivity contribution is 9.10. The van der Waals surface area contributed by atoms with E-state index in [0.717, 1.165) is 0 Å². The zero-order valence-corrected chi connectivity index (χ0v) is 9.48. The summed E-state index contributed by atoms with van der Waals surface area (Å²) >= 11 is 3.14. The van der Waals surface area contributed by atoms with Gasteiger partial charge in [0.25, 0.3) is 0 Å². The van der Waals surface area contributed by atoms with Crippen molar-refractivity contribution < 1.29 is 14.3 Å². The summed E-state index contributed by atoms with van der Waals surface area (Å²) in [6.07, 6.45) is 2.52. The Kier molecular flexibility index (Phi) is 2.74. The number of carboxylic acids is 1. The van der Waals surface area contributed by atoms with Gasteiger partial charge in [0.1, 0.15) is 12.1 Å². The van der Waals surface area contributed by atoms with Crippen molar-refractivity contribution in [3.63, 3.8) is 0 Å². The molecule has 0 aliphatic heterocycles. The Labute approximate surface area is 98.5 Å². The van der Waals surface area contributed by atoms with E-state index in [-0.39, 0.29) is 11.4 Å². The van der Waals surface area contributed by atoms with Gasteiger partial charge in [-0.2, -0.15) is 0 Å². The molecule has 1 aromatic carbocycles. The topological polar surface area (TPSA) is 55.1 Å². The van der Waals surface area contributed by atoms with Gasteiger partial charge in [-0.25, -0.2) is 14.2 Å². The predicted molar refractivity (Wildman–Crippen MR) is 58.2 cm³/mol. The van der Waals surface area contributed by atoms with Crippen LogP contribution in [-0.4, -0.2) is 20.6 Å². The van der Waals surface area contributed by atoms with E-state index >= 15 is 0 Å². The Morgan fingerprint density at radius 2 is 2.25 bits per heavy atom. The fourth-order valence-electron chi connectivity index (χ4n) is 1.26. The number of carboxylic acid groups (broad SMARTS) is 1. The van der Waals surface area contributed by atoms with Gasteiger partial charge in [0, 0.05) is 10.7 Å². The molecule has 0 fully saturated rings. The van der Waals surface area contributed by atoms with Crippen LogP contribution in [0.4, 0.5) is 4.39 Å². The lowest BCUT2D eigenvalue weighted by Crippen LogP contribution is -1.97. The second-order valence-corrected chi connectivity index (χ2v) is 3.98. The van der Waals surface area contributed by atoms with Crippen molar-refractivity contribution in [2.24, 2.45) is 0 Å². The van der Waals surface area contributed by atoms with Crippen LogP contribution in [0.15, 0.2) is 35.2 Å². The summed E-state index contributed by atoms with van der Waals surface area (Å²) in [6, 6.07) is 4.50. The number of aromatic carboxylic acids is 1. The number of rotatable bonds is 2. The Bertz CT molecular complexity index is 554. The maximum absolute atomic E-state index is 13.5. The molecule has 1 aromatic heterocycles. The summed E-state index contributed by atoms with van der Waals surface area (Å²) in [4.78, 5) is 14.2. The average molecular weight is 285 g/mol. The van der Waals surface area contributed by atoms with Gasteiger partial charge in [-0.05, 0) is 18.2 Å². The predicted octanol–water partition coefficient (Wildman–Crippen LogP) is 2.47. The minimum atomic E-state index is -1.14. The number of hydrogen-bond donors (Lipinski definition) is 1. The van der Waals surface area contributed by atoms with Gasteiger partial charge < -0.3 is 9.67 Å². The van der Waals surface area contributed by atoms with E-state index < -0.39 is 11.8 Å². The average Bonchev–Trinajstić information content (AvgIpc) is 2.66. The van der Waals surface area contributed by atoms with Gasteiger partial charge in [-0.15, -0.1) is 0 Å². The van der Waals surface area contributed by atoms with E-state index in [4.69, 9.17) is 5.11 Å². The maximum Gasteiger partial charge on any atom is 0.356 e. The normalized spacial score (nSPS) is 10.4. The molecule has 1 heterocycles. The van der Waals surface area contributed by atoms with Gasteiger partial charge in [0.05, 0.1) is 5.69 Å². The maximum atomic E-state index is 13.5. The summed E-state index contributed by atoms with van der Waals surface area (Å²) in [5, 5.41) is 8.68. The number of nitrogens with zero attached hydrogens (tertiary/aromatic N) is 2. The molecule has 0 spiro atoms. The number of imidazole rings is 1. The monoisotopic (exact) mass is 284 g/mol. The minimum absolute atomic E-state index is 0.123. The highest BCUT2D eigenvalue weighted by atomic mass is 79.9. The minimum Gasteiger partial charge on any atom is -0.476 e. The molecule has 82 valence electrons. The van der Waals surface area contributed by atoms with Crippen molar-refractivity contribution in [2.45, 2.75) is 0 Å². The molecule has 16 heavy (non-hydrogen) atoms. The van der Waals surface area contributed by atoms with Crippen LogP contribution < -0.4 is 0 Å². The summed E-state index contributed by atoms with van der Waals surface area (Å²) in [6.45, 7) is 0. The molecule has 2 rings (SSSR count). The molecule has 4 nitrogen and oxygen atoms in total. The molecular formula is C10H6BrFN2O2. The first-order valence-electron chi connectivity index (χ1n) is 4.30. The molecule has 0 aliphatic carbocycles. The van der Waals surface area contributed by atoms with Crippen molar-refractivity contribution in [1.29, 1.82) is 0 Å². The molecule has 0 saturated carbocycles. The standard InChI is InChI=1S/C10H6BrFN2O2/c11-6-1-2-9(7(12)3-6)14-4-8(10(15)16)13-5-14/h1-5H,(H,15,16). The number of carbonyl (C=O) groups is 1. The Hall–Kier alpha value is -1.69. The summed E-state index contributed by atoms with van der Waals surface area (Å²) in [7, 11) is 0. The number of aromatic nitrogens is 2. The van der Waals surface area contributed by atoms with Gasteiger partial charge >= 0.3 is 5.97 Å². The van der Waals surface area contributed by atoms with Crippen molar-refractivity contribution >= 4 is 21.9 Å². The molecule has 0 bridgehead atoms. The number of halogens is 2. The summed E-state index contributed by atoms with van der Waals surface area (Å²) in [5.74, 6) is -1.60. The van der Waals surface area contributed by atoms with E-state index in [0.29, 0.717) is 4.47 Å². The van der Waals surface area contributed by atoms with Crippen LogP contribution in [0.3, 0.4) is 0 Å². The third-order valence-corrected chi connectivity index (χ3v) is 2.48. The van der Waals surface area contributed by atoms with Crippen LogP contribution in [0.25, 0.3) is 5.69 Å². The van der Waals surface area contributed by atoms with Crippen molar-refractivity contribution in [2.75, 3.05) is 0 Å². The first kappa shape index (κ1) is 10.8. The second kappa shape index (κ2) is 4.05. The quantitative estimate of drug-likeness (QED) is 0.922. The second-order valence-electron chi connectivity index (χ2n) is 3.07. The van der Waals surface area contributed by atoms with E-state index in [2.05, 4.69) is 20.9 Å². The van der Waals surface area contributed by atoms with E-state index in [1.54, 1.807) is 6.07 Å². The van der Waals surface area contributed by atoms with Crippen LogP contribution in [0.5, 0.6) is 0 Å². The van der Waals surface area contributed by atoms with E-state index in [9.17, 15) is 9.18 Å². The first-order valence-corrected chi connectivity index (χ1v) is 5.10. The van der Waals surface area contributed by atoms with Crippen LogP contribution in [-0.2, 0) is 0 Å². The SMILES string of the molecule is O=C(O)c1cn(-c2ccc(Br)cc2F)cn1. The molecular weight excluding hydrogens is 279 g/mol. The van der Waals surface area contributed by atoms with E-state index in [1.165, 1.54) is 29.2 Å². The van der Waals surface area contributed by atoms with E-state index in [1.807, 2.05) is 0 Å². The zero-order chi connectivity index (χ0) is 11.7. The Morgan fingerprint density at radius 1 is 1.50 bits per heavy atom. The molecule has 0 unspecified atom stereocenters. The van der Waals surface area contributed by atoms with Crippen molar-refractivity contribution in [3.05, 3.63) is 46.7 Å². The fourth-order valence-corrected chi connectivity index (χ4v) is 1.59. The Morgan fingerprint density at radius 3 is 2.81 bits per heavy atom. The highest BCUT2D eigenvalue weighted by Crippen LogP contribution is 2.18. The molecule has 0 radical (unpaired) electrons. The molecule has 0 saturated heterocycles. The zero-order valence-electron chi connectivity index (χ0n) is 7.89. The summed E-state index contributed by atoms with van der Waals surface area (Å²) < 4.78 is 15.5. The van der Waals surface area contributed by atoms with Gasteiger partial charge in [0.2, 0.25) is 0 Å². The largest absolute Gasteiger partial charge is 0.476 e. The smallest absolute Gasteiger partial charge is 0.356 e. The third kappa shape index (κ3) is 1.96. The Balaban J connectivity index is 2.46. The number of benzene rings is 1. The van der Waals surface area contributed by atoms with Crippen molar-refractivity contribution in [1.82, 2.24) is 9.55 Å². The molecule has 1 N–H and O–H groups in total. The molecule has 0 aliphatic rings. The highest BCUT2D eigenvalue weighted by Gasteiger charge is 2.10. The van der Waals surface area contributed by atoms with Gasteiger partial charge in [0.15, 0.2) is 5.69 Å².